The molecule has 4 nitrogen and oxygen atoms in total. The fourth-order valence-corrected chi connectivity index (χ4v) is 4.73. The van der Waals surface area contributed by atoms with E-state index in [4.69, 9.17) is 26.4 Å². The number of carbonyl (C=O) groups excluding carboxylic acids is 1. The molecule has 0 atom stereocenters. The summed E-state index contributed by atoms with van der Waals surface area (Å²) in [6.07, 6.45) is 3.04. The molecule has 0 radical (unpaired) electrons. The first kappa shape index (κ1) is 19.3. The van der Waals surface area contributed by atoms with Crippen molar-refractivity contribution >= 4 is 44.9 Å². The summed E-state index contributed by atoms with van der Waals surface area (Å²) in [4.78, 5) is 13.2. The molecule has 138 valence electrons. The Kier molecular flexibility index (Phi) is 6.39. The minimum Gasteiger partial charge on any atom is -0.493 e. The SMILES string of the molecule is COc1ccc(C=CC(=O)Oc2ccc(-c3cc(=S)ss3)cc2)cc1OC. The normalized spacial score (nSPS) is 10.7. The standard InChI is InChI=1S/C20H16O4S3/c1-22-16-9-3-13(11-17(16)23-2)4-10-19(21)24-15-7-5-14(6-8-15)18-12-20(25)27-26-18/h3-12H,1-2H3. The molecule has 3 rings (SSSR count). The second-order valence-corrected chi connectivity index (χ2v) is 8.30. The summed E-state index contributed by atoms with van der Waals surface area (Å²) >= 11 is 5.15. The van der Waals surface area contributed by atoms with Crippen LogP contribution >= 0.6 is 32.9 Å². The first-order chi connectivity index (χ1) is 13.1. The third-order valence-electron chi connectivity index (χ3n) is 3.64. The molecule has 0 aliphatic carbocycles. The maximum atomic E-state index is 12.0. The highest BCUT2D eigenvalue weighted by Crippen LogP contribution is 2.30. The van der Waals surface area contributed by atoms with Crippen molar-refractivity contribution in [1.29, 1.82) is 0 Å². The van der Waals surface area contributed by atoms with E-state index in [1.165, 1.54) is 6.08 Å². The van der Waals surface area contributed by atoms with Crippen molar-refractivity contribution in [2.24, 2.45) is 0 Å². The molecule has 2 aromatic carbocycles. The van der Waals surface area contributed by atoms with Gasteiger partial charge < -0.3 is 14.2 Å². The van der Waals surface area contributed by atoms with E-state index in [0.29, 0.717) is 17.2 Å². The number of rotatable bonds is 6. The van der Waals surface area contributed by atoms with Crippen LogP contribution in [0.2, 0.25) is 0 Å². The van der Waals surface area contributed by atoms with Crippen molar-refractivity contribution in [2.75, 3.05) is 14.2 Å². The van der Waals surface area contributed by atoms with Crippen LogP contribution in [0.3, 0.4) is 0 Å². The molecule has 0 bridgehead atoms. The molecule has 0 N–H and O–H groups in total. The molecule has 0 spiro atoms. The van der Waals surface area contributed by atoms with E-state index >= 15 is 0 Å². The van der Waals surface area contributed by atoms with Crippen LogP contribution in [-0.4, -0.2) is 20.2 Å². The van der Waals surface area contributed by atoms with Gasteiger partial charge in [-0.2, -0.15) is 0 Å². The maximum Gasteiger partial charge on any atom is 0.336 e. The molecule has 0 unspecified atom stereocenters. The minimum absolute atomic E-state index is 0.455. The Bertz CT molecular complexity index is 1020. The van der Waals surface area contributed by atoms with Crippen LogP contribution in [0.25, 0.3) is 16.5 Å². The summed E-state index contributed by atoms with van der Waals surface area (Å²) in [7, 11) is 6.34. The fourth-order valence-electron chi connectivity index (χ4n) is 2.33. The van der Waals surface area contributed by atoms with Gasteiger partial charge in [0.05, 0.1) is 14.2 Å². The van der Waals surface area contributed by atoms with Gasteiger partial charge in [0, 0.05) is 11.0 Å². The summed E-state index contributed by atoms with van der Waals surface area (Å²) < 4.78 is 16.6. The topological polar surface area (TPSA) is 44.8 Å². The number of hydrogen-bond donors (Lipinski definition) is 0. The third-order valence-corrected chi connectivity index (χ3v) is 6.55. The van der Waals surface area contributed by atoms with Gasteiger partial charge in [-0.25, -0.2) is 4.79 Å². The van der Waals surface area contributed by atoms with Gasteiger partial charge in [0.2, 0.25) is 0 Å². The Morgan fingerprint density at radius 3 is 2.33 bits per heavy atom. The predicted molar refractivity (Wildman–Crippen MR) is 113 cm³/mol. The van der Waals surface area contributed by atoms with Crippen LogP contribution in [0, 0.1) is 3.82 Å². The Morgan fingerprint density at radius 2 is 1.70 bits per heavy atom. The molecule has 0 saturated heterocycles. The summed E-state index contributed by atoms with van der Waals surface area (Å²) in [5, 5.41) is 0. The second kappa shape index (κ2) is 8.94. The van der Waals surface area contributed by atoms with Gasteiger partial charge >= 0.3 is 5.97 Å². The predicted octanol–water partition coefficient (Wildman–Crippen LogP) is 5.84. The maximum absolute atomic E-state index is 12.0. The first-order valence-corrected chi connectivity index (χ1v) is 10.5. The highest BCUT2D eigenvalue weighted by atomic mass is 32.9. The molecular formula is C20H16O4S3. The lowest BCUT2D eigenvalue weighted by atomic mass is 10.2. The van der Waals surface area contributed by atoms with Crippen molar-refractivity contribution in [1.82, 2.24) is 0 Å². The van der Waals surface area contributed by atoms with E-state index < -0.39 is 5.97 Å². The van der Waals surface area contributed by atoms with Gasteiger partial charge in [-0.3, -0.25) is 0 Å². The monoisotopic (exact) mass is 416 g/mol. The van der Waals surface area contributed by atoms with Crippen LogP contribution in [0.15, 0.2) is 54.6 Å². The second-order valence-electron chi connectivity index (χ2n) is 5.39. The molecule has 0 aliphatic rings. The molecule has 27 heavy (non-hydrogen) atoms. The van der Waals surface area contributed by atoms with E-state index in [1.807, 2.05) is 24.3 Å². The van der Waals surface area contributed by atoms with Crippen LogP contribution in [0.4, 0.5) is 0 Å². The van der Waals surface area contributed by atoms with Crippen molar-refractivity contribution in [3.05, 3.63) is 64.0 Å². The van der Waals surface area contributed by atoms with Crippen molar-refractivity contribution in [3.63, 3.8) is 0 Å². The minimum atomic E-state index is -0.455. The Balaban J connectivity index is 1.65. The van der Waals surface area contributed by atoms with E-state index in [-0.39, 0.29) is 0 Å². The Labute approximate surface area is 169 Å². The average Bonchev–Trinajstić information content (AvgIpc) is 3.13. The Morgan fingerprint density at radius 1 is 0.963 bits per heavy atom. The zero-order valence-electron chi connectivity index (χ0n) is 14.6. The summed E-state index contributed by atoms with van der Waals surface area (Å²) in [6.45, 7) is 0. The van der Waals surface area contributed by atoms with Crippen LogP contribution < -0.4 is 14.2 Å². The zero-order valence-corrected chi connectivity index (χ0v) is 17.1. The van der Waals surface area contributed by atoms with E-state index in [2.05, 4.69) is 0 Å². The molecule has 0 amide bonds. The lowest BCUT2D eigenvalue weighted by molar-refractivity contribution is -0.128. The van der Waals surface area contributed by atoms with Crippen molar-refractivity contribution in [3.8, 4) is 27.7 Å². The molecule has 3 aromatic rings. The van der Waals surface area contributed by atoms with Gasteiger partial charge in [-0.15, -0.1) is 0 Å². The molecule has 1 aromatic heterocycles. The molecule has 0 saturated carbocycles. The van der Waals surface area contributed by atoms with Gasteiger partial charge in [-0.1, -0.05) is 39.0 Å². The highest BCUT2D eigenvalue weighted by molar-refractivity contribution is 7.80. The quantitative estimate of drug-likeness (QED) is 0.166. The third kappa shape index (κ3) is 5.03. The number of esters is 1. The summed E-state index contributed by atoms with van der Waals surface area (Å²) in [5.41, 5.74) is 1.85. The number of carbonyl (C=O) groups is 1. The molecule has 0 aliphatic heterocycles. The van der Waals surface area contributed by atoms with Crippen LogP contribution in [0.1, 0.15) is 5.56 Å². The lowest BCUT2D eigenvalue weighted by Gasteiger charge is -2.07. The van der Waals surface area contributed by atoms with Gasteiger partial charge in [0.25, 0.3) is 0 Å². The Hall–Kier alpha value is -2.48. The zero-order chi connectivity index (χ0) is 19.2. The average molecular weight is 417 g/mol. The summed E-state index contributed by atoms with van der Waals surface area (Å²) in [5.74, 6) is 1.26. The molecular weight excluding hydrogens is 400 g/mol. The first-order valence-electron chi connectivity index (χ1n) is 7.91. The lowest BCUT2D eigenvalue weighted by Crippen LogP contribution is -2.03. The van der Waals surface area contributed by atoms with E-state index in [0.717, 1.165) is 19.8 Å². The van der Waals surface area contributed by atoms with Crippen LogP contribution in [0.5, 0.6) is 17.2 Å². The highest BCUT2D eigenvalue weighted by Gasteiger charge is 2.05. The molecule has 0 fully saturated rings. The largest absolute Gasteiger partial charge is 0.493 e. The van der Waals surface area contributed by atoms with E-state index in [9.17, 15) is 4.79 Å². The van der Waals surface area contributed by atoms with Crippen molar-refractivity contribution < 1.29 is 19.0 Å². The number of methoxy groups -OCH3 is 2. The fraction of sp³-hybridized carbons (Fsp3) is 0.100. The summed E-state index contributed by atoms with van der Waals surface area (Å²) in [6, 6.07) is 14.7. The van der Waals surface area contributed by atoms with E-state index in [1.54, 1.807) is 65.2 Å². The van der Waals surface area contributed by atoms with Crippen molar-refractivity contribution in [2.45, 2.75) is 0 Å². The molecule has 1 heterocycles. The molecule has 7 heteroatoms. The number of ether oxygens (including phenoxy) is 3. The van der Waals surface area contributed by atoms with Gasteiger partial charge in [0.15, 0.2) is 11.5 Å². The van der Waals surface area contributed by atoms with Gasteiger partial charge in [0.1, 0.15) is 9.57 Å². The van der Waals surface area contributed by atoms with Crippen LogP contribution in [-0.2, 0) is 4.79 Å². The smallest absolute Gasteiger partial charge is 0.336 e. The number of hydrogen-bond acceptors (Lipinski definition) is 7. The van der Waals surface area contributed by atoms with Gasteiger partial charge in [-0.05, 0) is 59.7 Å². The number of benzene rings is 2.